The number of phosphoric ester groups is 1. The minimum Gasteiger partial charge on any atom is -0.404 e. The zero-order valence-corrected chi connectivity index (χ0v) is 12.4. The lowest BCUT2D eigenvalue weighted by Gasteiger charge is -2.24. The van der Waals surface area contributed by atoms with Crippen molar-refractivity contribution in [2.45, 2.75) is 52.1 Å². The summed E-state index contributed by atoms with van der Waals surface area (Å²) in [5.74, 6) is 0.418. The van der Waals surface area contributed by atoms with Gasteiger partial charge in [0.1, 0.15) is 5.75 Å². The Balaban J connectivity index is 2.03. The highest BCUT2D eigenvalue weighted by atomic mass is 31.2. The fourth-order valence-electron chi connectivity index (χ4n) is 2.33. The van der Waals surface area contributed by atoms with Gasteiger partial charge in [-0.05, 0) is 43.9 Å². The van der Waals surface area contributed by atoms with Crippen LogP contribution in [0, 0.1) is 13.8 Å². The molecule has 1 N–H and O–H groups in total. The summed E-state index contributed by atoms with van der Waals surface area (Å²) in [7, 11) is -4.03. The second-order valence-corrected chi connectivity index (χ2v) is 6.45. The molecule has 0 amide bonds. The molecule has 1 fully saturated rings. The minimum atomic E-state index is -4.03. The van der Waals surface area contributed by atoms with E-state index in [1.807, 2.05) is 19.9 Å². The summed E-state index contributed by atoms with van der Waals surface area (Å²) in [5, 5.41) is 0. The maximum atomic E-state index is 12.0. The van der Waals surface area contributed by atoms with E-state index >= 15 is 0 Å². The van der Waals surface area contributed by atoms with Crippen LogP contribution in [0.1, 0.15) is 43.2 Å². The standard InChI is InChI=1S/C14H21O4P/c1-11-7-6-10-14(12(11)2)18-19(15,16)17-13-8-4-3-5-9-13/h6-7,10,13H,3-5,8-9H2,1-2H3,(H,15,16). The summed E-state index contributed by atoms with van der Waals surface area (Å²) in [6, 6.07) is 5.43. The molecule has 1 aliphatic carbocycles. The van der Waals surface area contributed by atoms with E-state index in [2.05, 4.69) is 0 Å². The summed E-state index contributed by atoms with van der Waals surface area (Å²) in [6.45, 7) is 3.80. The Labute approximate surface area is 114 Å². The van der Waals surface area contributed by atoms with Crippen LogP contribution in [0.25, 0.3) is 0 Å². The van der Waals surface area contributed by atoms with Gasteiger partial charge in [-0.25, -0.2) is 4.57 Å². The molecule has 0 radical (unpaired) electrons. The molecule has 19 heavy (non-hydrogen) atoms. The Morgan fingerprint density at radius 1 is 1.21 bits per heavy atom. The van der Waals surface area contributed by atoms with Gasteiger partial charge in [0, 0.05) is 0 Å². The molecule has 0 bridgehead atoms. The van der Waals surface area contributed by atoms with Crippen LogP contribution in [0.15, 0.2) is 18.2 Å². The first kappa shape index (κ1) is 14.6. The van der Waals surface area contributed by atoms with E-state index in [1.165, 1.54) is 6.42 Å². The highest BCUT2D eigenvalue weighted by Crippen LogP contribution is 2.47. The largest absolute Gasteiger partial charge is 0.527 e. The second kappa shape index (κ2) is 6.08. The number of hydrogen-bond donors (Lipinski definition) is 1. The van der Waals surface area contributed by atoms with Gasteiger partial charge in [0.05, 0.1) is 6.10 Å². The van der Waals surface area contributed by atoms with Crippen molar-refractivity contribution in [3.63, 3.8) is 0 Å². The molecule has 1 aromatic carbocycles. The molecule has 1 saturated carbocycles. The van der Waals surface area contributed by atoms with Gasteiger partial charge in [0.25, 0.3) is 0 Å². The highest BCUT2D eigenvalue weighted by molar-refractivity contribution is 7.47. The lowest BCUT2D eigenvalue weighted by atomic mass is 9.98. The monoisotopic (exact) mass is 284 g/mol. The number of benzene rings is 1. The fraction of sp³-hybridized carbons (Fsp3) is 0.571. The normalized spacial score (nSPS) is 19.9. The Morgan fingerprint density at radius 2 is 1.89 bits per heavy atom. The van der Waals surface area contributed by atoms with Gasteiger partial charge in [-0.2, -0.15) is 0 Å². The average molecular weight is 284 g/mol. The Kier molecular flexibility index (Phi) is 4.67. The zero-order chi connectivity index (χ0) is 13.9. The molecule has 0 saturated heterocycles. The predicted octanol–water partition coefficient (Wildman–Crippen LogP) is 4.13. The van der Waals surface area contributed by atoms with E-state index in [9.17, 15) is 9.46 Å². The topological polar surface area (TPSA) is 55.8 Å². The van der Waals surface area contributed by atoms with Crippen LogP contribution < -0.4 is 4.52 Å². The van der Waals surface area contributed by atoms with Gasteiger partial charge in [-0.15, -0.1) is 0 Å². The first-order chi connectivity index (χ1) is 8.98. The molecule has 4 nitrogen and oxygen atoms in total. The molecule has 1 unspecified atom stereocenters. The molecule has 0 aliphatic heterocycles. The van der Waals surface area contributed by atoms with Crippen molar-refractivity contribution in [1.82, 2.24) is 0 Å². The fourth-order valence-corrected chi connectivity index (χ4v) is 3.40. The number of rotatable bonds is 4. The minimum absolute atomic E-state index is 0.158. The van der Waals surface area contributed by atoms with Gasteiger partial charge < -0.3 is 4.52 Å². The Morgan fingerprint density at radius 3 is 2.58 bits per heavy atom. The molecule has 0 spiro atoms. The van der Waals surface area contributed by atoms with Crippen LogP contribution in [0.5, 0.6) is 5.75 Å². The smallest absolute Gasteiger partial charge is 0.404 e. The van der Waals surface area contributed by atoms with Crippen LogP contribution in [-0.4, -0.2) is 11.0 Å². The Hall–Kier alpha value is -0.830. The maximum absolute atomic E-state index is 12.0. The van der Waals surface area contributed by atoms with Crippen molar-refractivity contribution in [1.29, 1.82) is 0 Å². The third kappa shape index (κ3) is 4.07. The van der Waals surface area contributed by atoms with Crippen LogP contribution >= 0.6 is 7.82 Å². The molecule has 0 heterocycles. The van der Waals surface area contributed by atoms with Crippen LogP contribution in [0.4, 0.5) is 0 Å². The summed E-state index contributed by atoms with van der Waals surface area (Å²) < 4.78 is 22.5. The summed E-state index contributed by atoms with van der Waals surface area (Å²) >= 11 is 0. The maximum Gasteiger partial charge on any atom is 0.527 e. The van der Waals surface area contributed by atoms with Crippen molar-refractivity contribution in [3.05, 3.63) is 29.3 Å². The molecular formula is C14H21O4P. The van der Waals surface area contributed by atoms with Crippen LogP contribution in [0.3, 0.4) is 0 Å². The highest BCUT2D eigenvalue weighted by Gasteiger charge is 2.29. The van der Waals surface area contributed by atoms with Gasteiger partial charge >= 0.3 is 7.82 Å². The molecule has 1 atom stereocenters. The van der Waals surface area contributed by atoms with Crippen molar-refractivity contribution in [2.24, 2.45) is 0 Å². The number of phosphoric acid groups is 1. The SMILES string of the molecule is Cc1cccc(OP(=O)(O)OC2CCCCC2)c1C. The van der Waals surface area contributed by atoms with E-state index in [1.54, 1.807) is 12.1 Å². The molecule has 0 aromatic heterocycles. The van der Waals surface area contributed by atoms with Gasteiger partial charge in [-0.1, -0.05) is 31.4 Å². The second-order valence-electron chi connectivity index (χ2n) is 5.12. The summed E-state index contributed by atoms with van der Waals surface area (Å²) in [6.07, 6.45) is 4.78. The molecular weight excluding hydrogens is 263 g/mol. The number of hydrogen-bond acceptors (Lipinski definition) is 3. The zero-order valence-electron chi connectivity index (χ0n) is 11.5. The van der Waals surface area contributed by atoms with Gasteiger partial charge in [-0.3, -0.25) is 9.42 Å². The first-order valence-electron chi connectivity index (χ1n) is 6.75. The molecule has 1 aromatic rings. The van der Waals surface area contributed by atoms with E-state index in [-0.39, 0.29) is 6.10 Å². The van der Waals surface area contributed by atoms with Crippen LogP contribution in [0.2, 0.25) is 0 Å². The van der Waals surface area contributed by atoms with E-state index in [4.69, 9.17) is 9.05 Å². The lowest BCUT2D eigenvalue weighted by Crippen LogP contribution is -2.16. The van der Waals surface area contributed by atoms with Gasteiger partial charge in [0.2, 0.25) is 0 Å². The van der Waals surface area contributed by atoms with Crippen LogP contribution in [-0.2, 0) is 9.09 Å². The average Bonchev–Trinajstić information content (AvgIpc) is 2.35. The van der Waals surface area contributed by atoms with E-state index in [0.717, 1.165) is 36.8 Å². The van der Waals surface area contributed by atoms with E-state index in [0.29, 0.717) is 5.75 Å². The van der Waals surface area contributed by atoms with E-state index < -0.39 is 7.82 Å². The third-order valence-electron chi connectivity index (χ3n) is 3.60. The molecule has 2 rings (SSSR count). The summed E-state index contributed by atoms with van der Waals surface area (Å²) in [5.41, 5.74) is 1.89. The van der Waals surface area contributed by atoms with Crippen molar-refractivity contribution in [3.8, 4) is 5.75 Å². The number of aryl methyl sites for hydroxylation is 1. The quantitative estimate of drug-likeness (QED) is 0.844. The molecule has 106 valence electrons. The first-order valence-corrected chi connectivity index (χ1v) is 8.24. The van der Waals surface area contributed by atoms with Crippen molar-refractivity contribution >= 4 is 7.82 Å². The van der Waals surface area contributed by atoms with Crippen molar-refractivity contribution in [2.75, 3.05) is 0 Å². The predicted molar refractivity (Wildman–Crippen MR) is 74.3 cm³/mol. The summed E-state index contributed by atoms with van der Waals surface area (Å²) in [4.78, 5) is 9.85. The Bertz CT molecular complexity index is 480. The van der Waals surface area contributed by atoms with Gasteiger partial charge in [0.15, 0.2) is 0 Å². The molecule has 5 heteroatoms. The van der Waals surface area contributed by atoms with Crippen molar-refractivity contribution < 1.29 is 18.5 Å². The third-order valence-corrected chi connectivity index (χ3v) is 4.60. The lowest BCUT2D eigenvalue weighted by molar-refractivity contribution is 0.108. The molecule has 1 aliphatic rings.